The molecular weight excluding hydrogens is 192 g/mol. The molecule has 2 amide bonds. The number of carbonyl (C=O) groups is 2. The Balaban J connectivity index is 2.01. The third-order valence-electron chi connectivity index (χ3n) is 3.25. The van der Waals surface area contributed by atoms with Crippen molar-refractivity contribution in [3.63, 3.8) is 0 Å². The molecule has 0 aromatic heterocycles. The van der Waals surface area contributed by atoms with Crippen LogP contribution < -0.4 is 0 Å². The minimum Gasteiger partial charge on any atom is -0.302 e. The van der Waals surface area contributed by atoms with E-state index < -0.39 is 0 Å². The van der Waals surface area contributed by atoms with E-state index in [2.05, 4.69) is 4.90 Å². The SMILES string of the molecule is CC1=CC(=O)N(CC2CCCN2C)C1=O. The van der Waals surface area contributed by atoms with Gasteiger partial charge in [-0.15, -0.1) is 0 Å². The van der Waals surface area contributed by atoms with Gasteiger partial charge < -0.3 is 4.90 Å². The number of nitrogens with zero attached hydrogens (tertiary/aromatic N) is 2. The second-order valence-corrected chi connectivity index (χ2v) is 4.36. The Bertz CT molecular complexity index is 335. The Kier molecular flexibility index (Phi) is 2.61. The van der Waals surface area contributed by atoms with Crippen molar-refractivity contribution < 1.29 is 9.59 Å². The molecule has 1 unspecified atom stereocenters. The standard InChI is InChI=1S/C11H16N2O2/c1-8-6-10(14)13(11(8)15)7-9-4-3-5-12(9)2/h6,9H,3-5,7H2,1-2H3. The van der Waals surface area contributed by atoms with Gasteiger partial charge in [0.05, 0.1) is 0 Å². The molecule has 2 rings (SSSR count). The van der Waals surface area contributed by atoms with Crippen LogP contribution in [0, 0.1) is 0 Å². The quantitative estimate of drug-likeness (QED) is 0.617. The molecule has 1 saturated heterocycles. The zero-order chi connectivity index (χ0) is 11.0. The highest BCUT2D eigenvalue weighted by molar-refractivity contribution is 6.15. The molecule has 0 bridgehead atoms. The van der Waals surface area contributed by atoms with Gasteiger partial charge in [-0.3, -0.25) is 14.5 Å². The van der Waals surface area contributed by atoms with Gasteiger partial charge in [-0.05, 0) is 33.4 Å². The van der Waals surface area contributed by atoms with E-state index >= 15 is 0 Å². The summed E-state index contributed by atoms with van der Waals surface area (Å²) in [6.45, 7) is 3.30. The van der Waals surface area contributed by atoms with E-state index in [1.54, 1.807) is 6.92 Å². The minimum absolute atomic E-state index is 0.125. The van der Waals surface area contributed by atoms with E-state index in [0.717, 1.165) is 19.4 Å². The maximum absolute atomic E-state index is 11.6. The molecule has 2 aliphatic rings. The van der Waals surface area contributed by atoms with Gasteiger partial charge >= 0.3 is 0 Å². The molecule has 0 N–H and O–H groups in total. The van der Waals surface area contributed by atoms with Crippen LogP contribution in [0.3, 0.4) is 0 Å². The zero-order valence-corrected chi connectivity index (χ0v) is 9.19. The van der Waals surface area contributed by atoms with Crippen LogP contribution in [0.4, 0.5) is 0 Å². The van der Waals surface area contributed by atoms with Crippen molar-refractivity contribution in [2.75, 3.05) is 20.1 Å². The lowest BCUT2D eigenvalue weighted by Gasteiger charge is -2.24. The fourth-order valence-electron chi connectivity index (χ4n) is 2.23. The van der Waals surface area contributed by atoms with Crippen LogP contribution in [-0.2, 0) is 9.59 Å². The molecule has 0 aromatic carbocycles. The van der Waals surface area contributed by atoms with E-state index in [4.69, 9.17) is 0 Å². The fourth-order valence-corrected chi connectivity index (χ4v) is 2.23. The summed E-state index contributed by atoms with van der Waals surface area (Å²) in [5.74, 6) is -0.280. The first-order valence-electron chi connectivity index (χ1n) is 5.34. The zero-order valence-electron chi connectivity index (χ0n) is 9.19. The Labute approximate surface area is 89.5 Å². The number of hydrogen-bond acceptors (Lipinski definition) is 3. The molecule has 0 saturated carbocycles. The monoisotopic (exact) mass is 208 g/mol. The van der Waals surface area contributed by atoms with Gasteiger partial charge in [0.2, 0.25) is 0 Å². The first kappa shape index (κ1) is 10.4. The second kappa shape index (κ2) is 3.77. The van der Waals surface area contributed by atoms with Gasteiger partial charge in [-0.1, -0.05) is 0 Å². The molecule has 15 heavy (non-hydrogen) atoms. The van der Waals surface area contributed by atoms with Crippen LogP contribution in [-0.4, -0.2) is 47.8 Å². The third kappa shape index (κ3) is 1.81. The molecule has 0 aliphatic carbocycles. The predicted molar refractivity (Wildman–Crippen MR) is 56.1 cm³/mol. The number of amides is 2. The molecule has 2 aliphatic heterocycles. The fraction of sp³-hybridized carbons (Fsp3) is 0.636. The number of hydrogen-bond donors (Lipinski definition) is 0. The van der Waals surface area contributed by atoms with Gasteiger partial charge in [-0.25, -0.2) is 0 Å². The highest BCUT2D eigenvalue weighted by atomic mass is 16.2. The van der Waals surface area contributed by atoms with Crippen LogP contribution in [0.1, 0.15) is 19.8 Å². The summed E-state index contributed by atoms with van der Waals surface area (Å²) in [7, 11) is 2.04. The van der Waals surface area contributed by atoms with Crippen molar-refractivity contribution in [3.05, 3.63) is 11.6 Å². The molecular formula is C11H16N2O2. The molecule has 4 heteroatoms. The summed E-state index contributed by atoms with van der Waals surface area (Å²) < 4.78 is 0. The molecule has 2 heterocycles. The molecule has 4 nitrogen and oxygen atoms in total. The van der Waals surface area contributed by atoms with Crippen LogP contribution >= 0.6 is 0 Å². The van der Waals surface area contributed by atoms with Gasteiger partial charge in [0.15, 0.2) is 0 Å². The molecule has 0 spiro atoms. The highest BCUT2D eigenvalue weighted by Crippen LogP contribution is 2.19. The second-order valence-electron chi connectivity index (χ2n) is 4.36. The third-order valence-corrected chi connectivity index (χ3v) is 3.25. The Morgan fingerprint density at radius 3 is 2.67 bits per heavy atom. The molecule has 0 radical (unpaired) electrons. The topological polar surface area (TPSA) is 40.6 Å². The van der Waals surface area contributed by atoms with E-state index in [-0.39, 0.29) is 11.8 Å². The average molecular weight is 208 g/mol. The van der Waals surface area contributed by atoms with Crippen molar-refractivity contribution in [1.82, 2.24) is 9.80 Å². The van der Waals surface area contributed by atoms with Gasteiger partial charge in [0.25, 0.3) is 11.8 Å². The summed E-state index contributed by atoms with van der Waals surface area (Å²) in [4.78, 5) is 26.7. The average Bonchev–Trinajstić information content (AvgIpc) is 2.67. The Morgan fingerprint density at radius 1 is 1.47 bits per heavy atom. The van der Waals surface area contributed by atoms with Crippen molar-refractivity contribution in [2.24, 2.45) is 0 Å². The van der Waals surface area contributed by atoms with Crippen LogP contribution in [0.2, 0.25) is 0 Å². The van der Waals surface area contributed by atoms with Crippen molar-refractivity contribution in [3.8, 4) is 0 Å². The normalized spacial score (nSPS) is 27.7. The Morgan fingerprint density at radius 2 is 2.20 bits per heavy atom. The maximum atomic E-state index is 11.6. The molecule has 82 valence electrons. The van der Waals surface area contributed by atoms with Gasteiger partial charge in [0, 0.05) is 24.2 Å². The number of likely N-dealkylation sites (tertiary alicyclic amines) is 1. The van der Waals surface area contributed by atoms with E-state index in [1.165, 1.54) is 11.0 Å². The van der Waals surface area contributed by atoms with E-state index in [9.17, 15) is 9.59 Å². The minimum atomic E-state index is -0.155. The van der Waals surface area contributed by atoms with Crippen LogP contribution in [0.5, 0.6) is 0 Å². The summed E-state index contributed by atoms with van der Waals surface area (Å²) in [6, 6.07) is 0.345. The lowest BCUT2D eigenvalue weighted by molar-refractivity contribution is -0.137. The van der Waals surface area contributed by atoms with Crippen LogP contribution in [0.15, 0.2) is 11.6 Å². The summed E-state index contributed by atoms with van der Waals surface area (Å²) in [5, 5.41) is 0. The first-order chi connectivity index (χ1) is 7.09. The van der Waals surface area contributed by atoms with Crippen molar-refractivity contribution in [2.45, 2.75) is 25.8 Å². The molecule has 1 atom stereocenters. The van der Waals surface area contributed by atoms with Gasteiger partial charge in [0.1, 0.15) is 0 Å². The summed E-state index contributed by atoms with van der Waals surface area (Å²) >= 11 is 0. The lowest BCUT2D eigenvalue weighted by Crippen LogP contribution is -2.41. The van der Waals surface area contributed by atoms with E-state index in [0.29, 0.717) is 18.2 Å². The molecule has 0 aromatic rings. The maximum Gasteiger partial charge on any atom is 0.256 e. The van der Waals surface area contributed by atoms with Crippen LogP contribution in [0.25, 0.3) is 0 Å². The lowest BCUT2D eigenvalue weighted by atomic mass is 10.2. The number of rotatable bonds is 2. The summed E-state index contributed by atoms with van der Waals surface area (Å²) in [6.07, 6.45) is 3.66. The summed E-state index contributed by atoms with van der Waals surface area (Å²) in [5.41, 5.74) is 0.556. The molecule has 1 fully saturated rings. The smallest absolute Gasteiger partial charge is 0.256 e. The number of imide groups is 1. The Hall–Kier alpha value is -1.16. The van der Waals surface area contributed by atoms with E-state index in [1.807, 2.05) is 7.05 Å². The van der Waals surface area contributed by atoms with Crippen molar-refractivity contribution in [1.29, 1.82) is 0 Å². The van der Waals surface area contributed by atoms with Gasteiger partial charge in [-0.2, -0.15) is 0 Å². The first-order valence-corrected chi connectivity index (χ1v) is 5.34. The van der Waals surface area contributed by atoms with Crippen molar-refractivity contribution >= 4 is 11.8 Å². The number of carbonyl (C=O) groups excluding carboxylic acids is 2. The predicted octanol–water partition coefficient (Wildman–Crippen LogP) is 0.396. The number of likely N-dealkylation sites (N-methyl/N-ethyl adjacent to an activating group) is 1. The largest absolute Gasteiger partial charge is 0.302 e. The highest BCUT2D eigenvalue weighted by Gasteiger charge is 2.32.